The molecule has 1 amide bonds. The van der Waals surface area contributed by atoms with Gasteiger partial charge in [0.25, 0.3) is 5.91 Å². The highest BCUT2D eigenvalue weighted by molar-refractivity contribution is 9.09. The van der Waals surface area contributed by atoms with Crippen molar-refractivity contribution in [1.29, 1.82) is 0 Å². The lowest BCUT2D eigenvalue weighted by Gasteiger charge is -2.19. The lowest BCUT2D eigenvalue weighted by Crippen LogP contribution is -2.38. The van der Waals surface area contributed by atoms with Crippen LogP contribution in [0.15, 0.2) is 18.2 Å². The first kappa shape index (κ1) is 16.8. The molecule has 0 aliphatic rings. The second-order valence-corrected chi connectivity index (χ2v) is 4.93. The maximum atomic E-state index is 12.4. The van der Waals surface area contributed by atoms with Crippen LogP contribution in [0.5, 0.6) is 11.5 Å². The molecule has 5 nitrogen and oxygen atoms in total. The maximum Gasteiger partial charge on any atom is 0.259 e. The minimum absolute atomic E-state index is 0.0681. The molecule has 1 unspecified atom stereocenters. The molecule has 1 atom stereocenters. The highest BCUT2D eigenvalue weighted by Crippen LogP contribution is 2.28. The molecule has 0 bridgehead atoms. The topological polar surface area (TPSA) is 56.8 Å². The Bertz CT molecular complexity index is 411. The molecule has 0 fully saturated rings. The van der Waals surface area contributed by atoms with Crippen molar-refractivity contribution >= 4 is 21.8 Å². The van der Waals surface area contributed by atoms with Gasteiger partial charge in [-0.2, -0.15) is 0 Å². The van der Waals surface area contributed by atoms with Gasteiger partial charge in [-0.3, -0.25) is 4.79 Å². The van der Waals surface area contributed by atoms with E-state index in [0.717, 1.165) is 11.8 Å². The average molecular weight is 346 g/mol. The number of hydrogen-bond acceptors (Lipinski definition) is 4. The molecule has 0 aromatic heterocycles. The van der Waals surface area contributed by atoms with E-state index < -0.39 is 0 Å². The first-order chi connectivity index (χ1) is 9.67. The van der Waals surface area contributed by atoms with Gasteiger partial charge in [-0.25, -0.2) is 0 Å². The first-order valence-corrected chi connectivity index (χ1v) is 7.36. The highest BCUT2D eigenvalue weighted by atomic mass is 79.9. The Hall–Kier alpha value is -1.27. The van der Waals surface area contributed by atoms with Gasteiger partial charge < -0.3 is 19.5 Å². The van der Waals surface area contributed by atoms with Gasteiger partial charge in [0.05, 0.1) is 26.9 Å². The van der Waals surface area contributed by atoms with Crippen LogP contribution in [0, 0.1) is 0 Å². The fraction of sp³-hybridized carbons (Fsp3) is 0.500. The van der Waals surface area contributed by atoms with Crippen LogP contribution in [-0.2, 0) is 4.74 Å². The lowest BCUT2D eigenvalue weighted by molar-refractivity contribution is 0.0889. The third-order valence-electron chi connectivity index (χ3n) is 2.82. The third-order valence-corrected chi connectivity index (χ3v) is 3.27. The molecular formula is C14H20BrNO4. The van der Waals surface area contributed by atoms with E-state index in [1.165, 1.54) is 14.2 Å². The van der Waals surface area contributed by atoms with E-state index in [4.69, 9.17) is 14.2 Å². The quantitative estimate of drug-likeness (QED) is 0.734. The van der Waals surface area contributed by atoms with Crippen LogP contribution in [-0.4, -0.2) is 45.2 Å². The zero-order valence-electron chi connectivity index (χ0n) is 11.9. The van der Waals surface area contributed by atoms with Crippen LogP contribution in [0.1, 0.15) is 16.8 Å². The summed E-state index contributed by atoms with van der Waals surface area (Å²) in [6.07, 6.45) is 0.775. The average Bonchev–Trinajstić information content (AvgIpc) is 2.46. The van der Waals surface area contributed by atoms with Gasteiger partial charge >= 0.3 is 0 Å². The number of ether oxygens (including phenoxy) is 3. The van der Waals surface area contributed by atoms with Crippen molar-refractivity contribution in [3.63, 3.8) is 0 Å². The van der Waals surface area contributed by atoms with Gasteiger partial charge in [0.2, 0.25) is 0 Å². The standard InChI is InChI=1S/C14H20BrNO4/c1-18-9-10(7-8-15)16-14(17)13-11(19-2)5-4-6-12(13)20-3/h4-6,10H,7-9H2,1-3H3,(H,16,17). The van der Waals surface area contributed by atoms with Gasteiger partial charge in [-0.1, -0.05) is 22.0 Å². The summed E-state index contributed by atoms with van der Waals surface area (Å²) in [5.74, 6) is 0.732. The molecular weight excluding hydrogens is 326 g/mol. The Morgan fingerprint density at radius 3 is 2.30 bits per heavy atom. The van der Waals surface area contributed by atoms with E-state index in [1.807, 2.05) is 0 Å². The number of alkyl halides is 1. The number of nitrogens with one attached hydrogen (secondary N) is 1. The van der Waals surface area contributed by atoms with Crippen LogP contribution in [0.2, 0.25) is 0 Å². The van der Waals surface area contributed by atoms with Gasteiger partial charge in [0.1, 0.15) is 17.1 Å². The SMILES string of the molecule is COCC(CCBr)NC(=O)c1c(OC)cccc1OC. The summed E-state index contributed by atoms with van der Waals surface area (Å²) < 4.78 is 15.6. The Morgan fingerprint density at radius 2 is 1.85 bits per heavy atom. The molecule has 0 saturated heterocycles. The first-order valence-electron chi connectivity index (χ1n) is 6.24. The van der Waals surface area contributed by atoms with E-state index in [1.54, 1.807) is 25.3 Å². The monoisotopic (exact) mass is 345 g/mol. The zero-order valence-corrected chi connectivity index (χ0v) is 13.5. The molecule has 1 aromatic rings. The van der Waals surface area contributed by atoms with Crippen LogP contribution in [0.4, 0.5) is 0 Å². The van der Waals surface area contributed by atoms with Crippen molar-refractivity contribution in [2.45, 2.75) is 12.5 Å². The molecule has 0 heterocycles. The van der Waals surface area contributed by atoms with E-state index >= 15 is 0 Å². The molecule has 20 heavy (non-hydrogen) atoms. The van der Waals surface area contributed by atoms with Gasteiger partial charge in [0, 0.05) is 12.4 Å². The minimum atomic E-state index is -0.234. The van der Waals surface area contributed by atoms with E-state index in [0.29, 0.717) is 23.7 Å². The van der Waals surface area contributed by atoms with Crippen LogP contribution in [0.3, 0.4) is 0 Å². The summed E-state index contributed by atoms with van der Waals surface area (Å²) in [5, 5.41) is 3.71. The lowest BCUT2D eigenvalue weighted by atomic mass is 10.1. The third kappa shape index (κ3) is 4.38. The predicted molar refractivity (Wildman–Crippen MR) is 81.1 cm³/mol. The van der Waals surface area contributed by atoms with E-state index in [9.17, 15) is 4.79 Å². The summed E-state index contributed by atoms with van der Waals surface area (Å²) in [5.41, 5.74) is 0.396. The molecule has 0 radical (unpaired) electrons. The summed E-state index contributed by atoms with van der Waals surface area (Å²) in [6, 6.07) is 5.17. The number of hydrogen-bond donors (Lipinski definition) is 1. The molecule has 6 heteroatoms. The fourth-order valence-electron chi connectivity index (χ4n) is 1.86. The number of carbonyl (C=O) groups is 1. The van der Waals surface area contributed by atoms with Crippen molar-refractivity contribution in [3.05, 3.63) is 23.8 Å². The smallest absolute Gasteiger partial charge is 0.259 e. The largest absolute Gasteiger partial charge is 0.496 e. The number of halogens is 1. The van der Waals surface area contributed by atoms with Crippen molar-refractivity contribution in [2.24, 2.45) is 0 Å². The normalized spacial score (nSPS) is 11.8. The van der Waals surface area contributed by atoms with E-state index in [2.05, 4.69) is 21.2 Å². The Balaban J connectivity index is 2.95. The van der Waals surface area contributed by atoms with Crippen LogP contribution >= 0.6 is 15.9 Å². The molecule has 1 rings (SSSR count). The van der Waals surface area contributed by atoms with Crippen LogP contribution < -0.4 is 14.8 Å². The number of rotatable bonds is 8. The number of amides is 1. The fourth-order valence-corrected chi connectivity index (χ4v) is 2.42. The second kappa shape index (κ2) is 8.81. The second-order valence-electron chi connectivity index (χ2n) is 4.14. The number of benzene rings is 1. The molecule has 0 spiro atoms. The summed E-state index contributed by atoms with van der Waals surface area (Å²) >= 11 is 3.37. The number of methoxy groups -OCH3 is 3. The molecule has 112 valence electrons. The van der Waals surface area contributed by atoms with E-state index in [-0.39, 0.29) is 11.9 Å². The van der Waals surface area contributed by atoms with Crippen molar-refractivity contribution in [3.8, 4) is 11.5 Å². The zero-order chi connectivity index (χ0) is 15.0. The highest BCUT2D eigenvalue weighted by Gasteiger charge is 2.20. The van der Waals surface area contributed by atoms with Gasteiger partial charge in [-0.15, -0.1) is 0 Å². The summed E-state index contributed by atoms with van der Waals surface area (Å²) in [7, 11) is 4.66. The Morgan fingerprint density at radius 1 is 1.25 bits per heavy atom. The van der Waals surface area contributed by atoms with Gasteiger partial charge in [0.15, 0.2) is 0 Å². The molecule has 0 aliphatic heterocycles. The summed E-state index contributed by atoms with van der Waals surface area (Å²) in [4.78, 5) is 12.4. The molecule has 1 aromatic carbocycles. The maximum absolute atomic E-state index is 12.4. The van der Waals surface area contributed by atoms with Crippen molar-refractivity contribution in [1.82, 2.24) is 5.32 Å². The Labute approximate surface area is 127 Å². The van der Waals surface area contributed by atoms with Crippen LogP contribution in [0.25, 0.3) is 0 Å². The molecule has 0 saturated carbocycles. The minimum Gasteiger partial charge on any atom is -0.496 e. The van der Waals surface area contributed by atoms with Crippen molar-refractivity contribution in [2.75, 3.05) is 33.3 Å². The summed E-state index contributed by atoms with van der Waals surface area (Å²) in [6.45, 7) is 0.453. The molecule has 0 aliphatic carbocycles. The van der Waals surface area contributed by atoms with Gasteiger partial charge in [-0.05, 0) is 18.6 Å². The molecule has 1 N–H and O–H groups in total. The Kier molecular flexibility index (Phi) is 7.40. The number of carbonyl (C=O) groups excluding carboxylic acids is 1. The predicted octanol–water partition coefficient (Wildman–Crippen LogP) is 2.23. The van der Waals surface area contributed by atoms with Crippen molar-refractivity contribution < 1.29 is 19.0 Å².